The molecule has 0 aliphatic carbocycles. The summed E-state index contributed by atoms with van der Waals surface area (Å²) in [4.78, 5) is 11.8. The highest BCUT2D eigenvalue weighted by atomic mass is 35.5. The predicted molar refractivity (Wildman–Crippen MR) is 98.9 cm³/mol. The molecule has 0 radical (unpaired) electrons. The molecule has 0 aliphatic heterocycles. The second-order valence-corrected chi connectivity index (χ2v) is 8.66. The average molecular weight is 403 g/mol. The second kappa shape index (κ2) is 8.66. The topological polar surface area (TPSA) is 84.5 Å². The Morgan fingerprint density at radius 2 is 1.92 bits per heavy atom. The number of rotatable bonds is 8. The fourth-order valence-electron chi connectivity index (χ4n) is 2.06. The summed E-state index contributed by atoms with van der Waals surface area (Å²) in [7, 11) is -3.51. The molecule has 1 heterocycles. The lowest BCUT2D eigenvalue weighted by Crippen LogP contribution is -2.36. The first kappa shape index (κ1) is 19.7. The number of ether oxygens (including phenoxy) is 1. The molecule has 136 valence electrons. The summed E-state index contributed by atoms with van der Waals surface area (Å²) >= 11 is 7.22. The van der Waals surface area contributed by atoms with Crippen molar-refractivity contribution in [1.29, 1.82) is 0 Å². The van der Waals surface area contributed by atoms with E-state index in [1.807, 2.05) is 13.8 Å². The molecule has 0 saturated carbocycles. The van der Waals surface area contributed by atoms with Crippen LogP contribution in [0.2, 0.25) is 5.02 Å². The molecule has 9 heteroatoms. The van der Waals surface area contributed by atoms with Crippen LogP contribution in [0.15, 0.2) is 33.9 Å². The predicted octanol–water partition coefficient (Wildman–Crippen LogP) is 2.49. The monoisotopic (exact) mass is 402 g/mol. The maximum Gasteiger partial charge on any atom is 0.257 e. The van der Waals surface area contributed by atoms with Crippen molar-refractivity contribution in [2.24, 2.45) is 0 Å². The van der Waals surface area contributed by atoms with E-state index in [1.54, 1.807) is 23.6 Å². The van der Waals surface area contributed by atoms with Gasteiger partial charge in [-0.15, -0.1) is 11.3 Å². The minimum Gasteiger partial charge on any atom is -0.484 e. The molecule has 1 amide bonds. The third-order valence-electron chi connectivity index (χ3n) is 3.28. The molecule has 0 aliphatic rings. The molecular formula is C16H19ClN2O4S2. The standard InChI is InChI=1S/C16H19ClN2O4S2/c1-11-8-13(9-12(2)16(11)17)23-10-14(20)18-5-6-19-25(21,22)15-4-3-7-24-15/h3-4,7-9,19H,5-6,10H2,1-2H3,(H,18,20). The smallest absolute Gasteiger partial charge is 0.257 e. The maximum atomic E-state index is 11.9. The Bertz CT molecular complexity index is 813. The van der Waals surface area contributed by atoms with Gasteiger partial charge in [-0.1, -0.05) is 17.7 Å². The Hall–Kier alpha value is -1.61. The van der Waals surface area contributed by atoms with Crippen LogP contribution in [0, 0.1) is 13.8 Å². The molecular weight excluding hydrogens is 384 g/mol. The van der Waals surface area contributed by atoms with Gasteiger partial charge in [0.2, 0.25) is 10.0 Å². The summed E-state index contributed by atoms with van der Waals surface area (Å²) < 4.78 is 31.9. The molecule has 0 bridgehead atoms. The van der Waals surface area contributed by atoms with E-state index in [0.717, 1.165) is 22.5 Å². The second-order valence-electron chi connectivity index (χ2n) is 5.34. The number of nitrogens with one attached hydrogen (secondary N) is 2. The van der Waals surface area contributed by atoms with Crippen molar-refractivity contribution in [3.05, 3.63) is 45.8 Å². The van der Waals surface area contributed by atoms with Gasteiger partial charge in [-0.2, -0.15) is 0 Å². The van der Waals surface area contributed by atoms with Crippen LogP contribution in [0.3, 0.4) is 0 Å². The van der Waals surface area contributed by atoms with E-state index in [4.69, 9.17) is 16.3 Å². The van der Waals surface area contributed by atoms with E-state index in [0.29, 0.717) is 10.8 Å². The normalized spacial score (nSPS) is 11.3. The third kappa shape index (κ3) is 5.71. The Morgan fingerprint density at radius 3 is 2.52 bits per heavy atom. The van der Waals surface area contributed by atoms with Gasteiger partial charge in [0, 0.05) is 18.1 Å². The highest BCUT2D eigenvalue weighted by Crippen LogP contribution is 2.25. The third-order valence-corrected chi connectivity index (χ3v) is 6.73. The van der Waals surface area contributed by atoms with Crippen LogP contribution in [0.1, 0.15) is 11.1 Å². The van der Waals surface area contributed by atoms with E-state index in [2.05, 4.69) is 10.0 Å². The number of carbonyl (C=O) groups is 1. The quantitative estimate of drug-likeness (QED) is 0.664. The number of halogens is 1. The SMILES string of the molecule is Cc1cc(OCC(=O)NCCNS(=O)(=O)c2cccs2)cc(C)c1Cl. The van der Waals surface area contributed by atoms with Crippen molar-refractivity contribution in [2.45, 2.75) is 18.1 Å². The zero-order valence-electron chi connectivity index (χ0n) is 13.8. The van der Waals surface area contributed by atoms with E-state index < -0.39 is 10.0 Å². The van der Waals surface area contributed by atoms with Gasteiger partial charge in [0.1, 0.15) is 9.96 Å². The molecule has 2 rings (SSSR count). The minimum atomic E-state index is -3.51. The minimum absolute atomic E-state index is 0.102. The Morgan fingerprint density at radius 1 is 1.24 bits per heavy atom. The molecule has 0 spiro atoms. The number of aryl methyl sites for hydroxylation is 2. The van der Waals surface area contributed by atoms with Crippen molar-refractivity contribution in [3.63, 3.8) is 0 Å². The van der Waals surface area contributed by atoms with Crippen molar-refractivity contribution in [1.82, 2.24) is 10.0 Å². The first-order chi connectivity index (χ1) is 11.8. The summed E-state index contributed by atoms with van der Waals surface area (Å²) in [5, 5.41) is 4.96. The van der Waals surface area contributed by atoms with Gasteiger partial charge >= 0.3 is 0 Å². The molecule has 0 fully saturated rings. The van der Waals surface area contributed by atoms with Crippen LogP contribution < -0.4 is 14.8 Å². The van der Waals surface area contributed by atoms with Gasteiger partial charge in [0.05, 0.1) is 0 Å². The lowest BCUT2D eigenvalue weighted by molar-refractivity contribution is -0.123. The number of hydrogen-bond acceptors (Lipinski definition) is 5. The highest BCUT2D eigenvalue weighted by Gasteiger charge is 2.14. The van der Waals surface area contributed by atoms with Crippen molar-refractivity contribution in [3.8, 4) is 5.75 Å². The first-order valence-corrected chi connectivity index (χ1v) is 10.2. The number of carbonyl (C=O) groups excluding carboxylic acids is 1. The number of sulfonamides is 1. The number of amides is 1. The lowest BCUT2D eigenvalue weighted by Gasteiger charge is -2.10. The fraction of sp³-hybridized carbons (Fsp3) is 0.312. The van der Waals surface area contributed by atoms with Crippen LogP contribution >= 0.6 is 22.9 Å². The molecule has 1 aromatic heterocycles. The average Bonchev–Trinajstić information content (AvgIpc) is 3.10. The summed E-state index contributed by atoms with van der Waals surface area (Å²) in [5.74, 6) is 0.230. The number of thiophene rings is 1. The number of hydrogen-bond donors (Lipinski definition) is 2. The van der Waals surface area contributed by atoms with E-state index in [9.17, 15) is 13.2 Å². The van der Waals surface area contributed by atoms with Crippen LogP contribution in [0.4, 0.5) is 0 Å². The Kier molecular flexibility index (Phi) is 6.83. The maximum absolute atomic E-state index is 11.9. The summed E-state index contributed by atoms with van der Waals surface area (Å²) in [6.07, 6.45) is 0. The molecule has 0 saturated heterocycles. The summed E-state index contributed by atoms with van der Waals surface area (Å²) in [5.41, 5.74) is 1.75. The van der Waals surface area contributed by atoms with E-state index >= 15 is 0 Å². The summed E-state index contributed by atoms with van der Waals surface area (Å²) in [6, 6.07) is 6.71. The Balaban J connectivity index is 1.73. The van der Waals surface area contributed by atoms with Gasteiger partial charge in [-0.25, -0.2) is 13.1 Å². The van der Waals surface area contributed by atoms with Gasteiger partial charge in [-0.05, 0) is 48.6 Å². The van der Waals surface area contributed by atoms with Crippen molar-refractivity contribution >= 4 is 38.9 Å². The highest BCUT2D eigenvalue weighted by molar-refractivity contribution is 7.91. The van der Waals surface area contributed by atoms with E-state index in [1.165, 1.54) is 6.07 Å². The largest absolute Gasteiger partial charge is 0.484 e. The van der Waals surface area contributed by atoms with Gasteiger partial charge < -0.3 is 10.1 Å². The molecule has 0 atom stereocenters. The lowest BCUT2D eigenvalue weighted by atomic mass is 10.1. The van der Waals surface area contributed by atoms with Gasteiger partial charge in [0.25, 0.3) is 5.91 Å². The Labute approximate surface area is 156 Å². The molecule has 25 heavy (non-hydrogen) atoms. The fourth-order valence-corrected chi connectivity index (χ4v) is 4.24. The van der Waals surface area contributed by atoms with Crippen LogP contribution in [0.25, 0.3) is 0 Å². The zero-order valence-corrected chi connectivity index (χ0v) is 16.2. The summed E-state index contributed by atoms with van der Waals surface area (Å²) in [6.45, 7) is 3.85. The molecule has 2 N–H and O–H groups in total. The van der Waals surface area contributed by atoms with Crippen LogP contribution in [0.5, 0.6) is 5.75 Å². The van der Waals surface area contributed by atoms with E-state index in [-0.39, 0.29) is 29.8 Å². The van der Waals surface area contributed by atoms with Crippen molar-refractivity contribution in [2.75, 3.05) is 19.7 Å². The van der Waals surface area contributed by atoms with Crippen LogP contribution in [-0.2, 0) is 14.8 Å². The van der Waals surface area contributed by atoms with Crippen molar-refractivity contribution < 1.29 is 17.9 Å². The van der Waals surface area contributed by atoms with Gasteiger partial charge in [0.15, 0.2) is 6.61 Å². The first-order valence-electron chi connectivity index (χ1n) is 7.49. The molecule has 1 aromatic carbocycles. The molecule has 0 unspecified atom stereocenters. The molecule has 2 aromatic rings. The molecule has 6 nitrogen and oxygen atoms in total. The number of benzene rings is 1. The van der Waals surface area contributed by atoms with Crippen LogP contribution in [-0.4, -0.2) is 34.0 Å². The zero-order chi connectivity index (χ0) is 18.4. The van der Waals surface area contributed by atoms with Gasteiger partial charge in [-0.3, -0.25) is 4.79 Å².